The first-order valence-corrected chi connectivity index (χ1v) is 8.18. The number of aromatic nitrogens is 3. The number of pyridine rings is 1. The lowest BCUT2D eigenvalue weighted by Gasteiger charge is -2.20. The van der Waals surface area contributed by atoms with Gasteiger partial charge in [-0.2, -0.15) is 5.10 Å². The Balaban J connectivity index is 1.60. The maximum absolute atomic E-state index is 9.86. The van der Waals surface area contributed by atoms with Gasteiger partial charge in [0.1, 0.15) is 11.9 Å². The van der Waals surface area contributed by atoms with Crippen molar-refractivity contribution in [1.29, 1.82) is 0 Å². The average Bonchev–Trinajstić information content (AvgIpc) is 3.18. The van der Waals surface area contributed by atoms with E-state index < -0.39 is 0 Å². The molecule has 0 spiro atoms. The van der Waals surface area contributed by atoms with Crippen LogP contribution in [0.4, 0.5) is 0 Å². The van der Waals surface area contributed by atoms with E-state index in [2.05, 4.69) is 22.3 Å². The molecule has 2 N–H and O–H groups in total. The molecule has 1 aliphatic heterocycles. The molecule has 2 atom stereocenters. The summed E-state index contributed by atoms with van der Waals surface area (Å²) in [6.45, 7) is 7.03. The Morgan fingerprint density at radius 1 is 1.39 bits per heavy atom. The van der Waals surface area contributed by atoms with Crippen LogP contribution in [0.1, 0.15) is 36.5 Å². The van der Waals surface area contributed by atoms with E-state index in [4.69, 9.17) is 4.74 Å². The zero-order valence-electron chi connectivity index (χ0n) is 13.7. The van der Waals surface area contributed by atoms with Crippen molar-refractivity contribution in [3.8, 4) is 5.75 Å². The molecule has 6 nitrogen and oxygen atoms in total. The van der Waals surface area contributed by atoms with Crippen LogP contribution in [-0.2, 0) is 17.8 Å². The van der Waals surface area contributed by atoms with Crippen LogP contribution in [0.2, 0.25) is 0 Å². The van der Waals surface area contributed by atoms with E-state index in [9.17, 15) is 5.11 Å². The molecule has 0 radical (unpaired) electrons. The third-order valence-corrected chi connectivity index (χ3v) is 4.34. The number of hydrogen-bond donors (Lipinski definition) is 2. The Bertz CT molecular complexity index is 656. The molecular weight excluding hydrogens is 292 g/mol. The van der Waals surface area contributed by atoms with Crippen molar-refractivity contribution in [2.45, 2.75) is 39.5 Å². The van der Waals surface area contributed by atoms with Gasteiger partial charge in [0.2, 0.25) is 0 Å². The lowest BCUT2D eigenvalue weighted by molar-refractivity contribution is 0.0829. The molecule has 1 aliphatic rings. The van der Waals surface area contributed by atoms with Gasteiger partial charge in [-0.05, 0) is 38.5 Å². The summed E-state index contributed by atoms with van der Waals surface area (Å²) in [5.74, 6) is 0.648. The number of aryl methyl sites for hydroxylation is 2. The summed E-state index contributed by atoms with van der Waals surface area (Å²) in [6, 6.07) is 5.55. The first kappa shape index (κ1) is 16.0. The summed E-state index contributed by atoms with van der Waals surface area (Å²) in [6.07, 6.45) is 2.95. The van der Waals surface area contributed by atoms with Crippen LogP contribution in [0.15, 0.2) is 24.4 Å². The van der Waals surface area contributed by atoms with E-state index in [0.29, 0.717) is 18.2 Å². The zero-order chi connectivity index (χ0) is 16.2. The van der Waals surface area contributed by atoms with Gasteiger partial charge < -0.3 is 15.2 Å². The fourth-order valence-electron chi connectivity index (χ4n) is 3.13. The van der Waals surface area contributed by atoms with E-state index in [1.807, 2.05) is 29.9 Å². The fraction of sp³-hybridized carbons (Fsp3) is 0.529. The van der Waals surface area contributed by atoms with Crippen LogP contribution in [0.3, 0.4) is 0 Å². The Morgan fingerprint density at radius 3 is 3.09 bits per heavy atom. The van der Waals surface area contributed by atoms with Gasteiger partial charge in [0.15, 0.2) is 0 Å². The van der Waals surface area contributed by atoms with Crippen molar-refractivity contribution >= 4 is 0 Å². The predicted octanol–water partition coefficient (Wildman–Crippen LogP) is 2.18. The second-order valence-electron chi connectivity index (χ2n) is 5.96. The number of ether oxygens (including phenoxy) is 1. The van der Waals surface area contributed by atoms with Gasteiger partial charge in [-0.25, -0.2) is 0 Å². The second kappa shape index (κ2) is 7.10. The molecule has 0 bridgehead atoms. The first-order valence-electron chi connectivity index (χ1n) is 8.18. The summed E-state index contributed by atoms with van der Waals surface area (Å²) in [7, 11) is 0. The van der Waals surface area contributed by atoms with Crippen molar-refractivity contribution in [3.05, 3.63) is 41.5 Å². The van der Waals surface area contributed by atoms with Crippen molar-refractivity contribution in [1.82, 2.24) is 20.1 Å². The normalized spacial score (nSPS) is 21.0. The zero-order valence-corrected chi connectivity index (χ0v) is 13.7. The molecule has 3 heterocycles. The predicted molar refractivity (Wildman–Crippen MR) is 87.0 cm³/mol. The van der Waals surface area contributed by atoms with Crippen LogP contribution in [-0.4, -0.2) is 33.0 Å². The number of nitrogens with one attached hydrogen (secondary N) is 1. The molecule has 3 rings (SSSR count). The maximum Gasteiger partial charge on any atom is 0.138 e. The number of nitrogens with zero attached hydrogens (tertiary/aromatic N) is 3. The smallest absolute Gasteiger partial charge is 0.138 e. The minimum atomic E-state index is 0.0871. The van der Waals surface area contributed by atoms with Crippen LogP contribution in [0.25, 0.3) is 0 Å². The SMILES string of the molecule is CCn1nccc1[C@@H]1OCC[C@H]1CNCc1nc(C)ccc1O. The molecule has 1 fully saturated rings. The molecule has 0 aromatic carbocycles. The van der Waals surface area contributed by atoms with Crippen LogP contribution < -0.4 is 5.32 Å². The lowest BCUT2D eigenvalue weighted by atomic mass is 9.99. The van der Waals surface area contributed by atoms with Crippen LogP contribution in [0.5, 0.6) is 5.75 Å². The molecule has 23 heavy (non-hydrogen) atoms. The number of hydrogen-bond acceptors (Lipinski definition) is 5. The molecular formula is C17H24N4O2. The van der Waals surface area contributed by atoms with E-state index in [1.165, 1.54) is 0 Å². The second-order valence-corrected chi connectivity index (χ2v) is 5.96. The van der Waals surface area contributed by atoms with E-state index in [-0.39, 0.29) is 11.9 Å². The molecule has 2 aromatic heterocycles. The van der Waals surface area contributed by atoms with Crippen LogP contribution >= 0.6 is 0 Å². The Hall–Kier alpha value is -1.92. The van der Waals surface area contributed by atoms with Crippen molar-refractivity contribution < 1.29 is 9.84 Å². The molecule has 0 saturated carbocycles. The molecule has 0 amide bonds. The summed E-state index contributed by atoms with van der Waals surface area (Å²) in [5.41, 5.74) is 2.75. The Kier molecular flexibility index (Phi) is 4.93. The average molecular weight is 316 g/mol. The highest BCUT2D eigenvalue weighted by Gasteiger charge is 2.31. The topological polar surface area (TPSA) is 72.2 Å². The molecule has 124 valence electrons. The standard InChI is InChI=1S/C17H24N4O2/c1-3-21-15(6-8-19-21)17-13(7-9-23-17)10-18-11-14-16(22)5-4-12(2)20-14/h4-6,8,13,17-18,22H,3,7,9-11H2,1-2H3/t13-,17+/m0/s1. The molecule has 0 aliphatic carbocycles. The lowest BCUT2D eigenvalue weighted by Crippen LogP contribution is -2.26. The van der Waals surface area contributed by atoms with Crippen molar-refractivity contribution in [3.63, 3.8) is 0 Å². The summed E-state index contributed by atoms with van der Waals surface area (Å²) in [4.78, 5) is 4.38. The van der Waals surface area contributed by atoms with E-state index in [0.717, 1.165) is 37.5 Å². The van der Waals surface area contributed by atoms with Gasteiger partial charge >= 0.3 is 0 Å². The highest BCUT2D eigenvalue weighted by Crippen LogP contribution is 2.34. The van der Waals surface area contributed by atoms with Crippen LogP contribution in [0, 0.1) is 12.8 Å². The molecule has 6 heteroatoms. The Morgan fingerprint density at radius 2 is 2.26 bits per heavy atom. The number of aromatic hydroxyl groups is 1. The third-order valence-electron chi connectivity index (χ3n) is 4.34. The van der Waals surface area contributed by atoms with Crippen molar-refractivity contribution in [2.24, 2.45) is 5.92 Å². The van der Waals surface area contributed by atoms with E-state index in [1.54, 1.807) is 6.07 Å². The largest absolute Gasteiger partial charge is 0.506 e. The quantitative estimate of drug-likeness (QED) is 0.854. The summed E-state index contributed by atoms with van der Waals surface area (Å²) >= 11 is 0. The van der Waals surface area contributed by atoms with Gasteiger partial charge in [0.05, 0.1) is 11.4 Å². The minimum absolute atomic E-state index is 0.0871. The van der Waals surface area contributed by atoms with Gasteiger partial charge in [-0.15, -0.1) is 0 Å². The van der Waals surface area contributed by atoms with Crippen molar-refractivity contribution in [2.75, 3.05) is 13.2 Å². The maximum atomic E-state index is 9.86. The van der Waals surface area contributed by atoms with Gasteiger partial charge in [-0.3, -0.25) is 9.67 Å². The Labute approximate surface area is 136 Å². The first-order chi connectivity index (χ1) is 11.2. The fourth-order valence-corrected chi connectivity index (χ4v) is 3.13. The molecule has 1 saturated heterocycles. The summed E-state index contributed by atoms with van der Waals surface area (Å²) in [5, 5.41) is 17.6. The highest BCUT2D eigenvalue weighted by atomic mass is 16.5. The summed E-state index contributed by atoms with van der Waals surface area (Å²) < 4.78 is 7.93. The van der Waals surface area contributed by atoms with E-state index >= 15 is 0 Å². The monoisotopic (exact) mass is 316 g/mol. The van der Waals surface area contributed by atoms with Gasteiger partial charge in [0.25, 0.3) is 0 Å². The highest BCUT2D eigenvalue weighted by molar-refractivity contribution is 5.27. The molecule has 0 unspecified atom stereocenters. The number of rotatable bonds is 6. The van der Waals surface area contributed by atoms with Gasteiger partial charge in [-0.1, -0.05) is 0 Å². The third kappa shape index (κ3) is 3.54. The molecule has 2 aromatic rings. The minimum Gasteiger partial charge on any atom is -0.506 e. The van der Waals surface area contributed by atoms with Gasteiger partial charge in [0, 0.05) is 44.0 Å².